The molecule has 0 fully saturated rings. The molecular formula is C12H11BrN4OS. The van der Waals surface area contributed by atoms with Crippen LogP contribution in [0.5, 0.6) is 0 Å². The number of pyridine rings is 1. The van der Waals surface area contributed by atoms with E-state index < -0.39 is 0 Å². The molecule has 0 aliphatic carbocycles. The average molecular weight is 339 g/mol. The summed E-state index contributed by atoms with van der Waals surface area (Å²) < 4.78 is 0.871. The lowest BCUT2D eigenvalue weighted by molar-refractivity contribution is -0.115. The van der Waals surface area contributed by atoms with Crippen molar-refractivity contribution in [2.75, 3.05) is 5.32 Å². The van der Waals surface area contributed by atoms with Crippen LogP contribution in [-0.4, -0.2) is 26.1 Å². The van der Waals surface area contributed by atoms with E-state index in [2.05, 4.69) is 36.2 Å². The van der Waals surface area contributed by atoms with E-state index in [9.17, 15) is 4.79 Å². The highest BCUT2D eigenvalue weighted by atomic mass is 79.9. The summed E-state index contributed by atoms with van der Waals surface area (Å²) in [6.45, 7) is 1.81. The van der Waals surface area contributed by atoms with Crippen molar-refractivity contribution in [1.82, 2.24) is 15.0 Å². The first kappa shape index (κ1) is 14.0. The number of nitrogens with one attached hydrogen (secondary N) is 1. The molecule has 1 atom stereocenters. The Kier molecular flexibility index (Phi) is 4.86. The van der Waals surface area contributed by atoms with Gasteiger partial charge >= 0.3 is 0 Å². The highest BCUT2D eigenvalue weighted by Crippen LogP contribution is 2.28. The number of hydrogen-bond acceptors (Lipinski definition) is 5. The monoisotopic (exact) mass is 338 g/mol. The van der Waals surface area contributed by atoms with Gasteiger partial charge in [0.1, 0.15) is 5.03 Å². The number of halogens is 1. The first-order valence-corrected chi connectivity index (χ1v) is 7.19. The number of aromatic nitrogens is 3. The van der Waals surface area contributed by atoms with Crippen molar-refractivity contribution in [3.63, 3.8) is 0 Å². The highest BCUT2D eigenvalue weighted by molar-refractivity contribution is 9.10. The van der Waals surface area contributed by atoms with Crippen LogP contribution in [0.1, 0.15) is 6.92 Å². The molecule has 7 heteroatoms. The van der Waals surface area contributed by atoms with Crippen LogP contribution >= 0.6 is 27.7 Å². The molecule has 0 aromatic carbocycles. The molecule has 0 saturated carbocycles. The molecule has 0 unspecified atom stereocenters. The molecule has 0 spiro atoms. The number of amides is 1. The molecule has 2 aromatic heterocycles. The third-order valence-corrected chi connectivity index (χ3v) is 4.20. The Bertz CT molecular complexity index is 567. The maximum absolute atomic E-state index is 12.0. The number of hydrogen-bond donors (Lipinski definition) is 1. The Balaban J connectivity index is 1.98. The van der Waals surface area contributed by atoms with Gasteiger partial charge in [-0.15, -0.1) is 0 Å². The SMILES string of the molecule is C[C@H](Sc1ncccc1Br)C(=O)Nc1ncccn1. The van der Waals surface area contributed by atoms with E-state index in [4.69, 9.17) is 0 Å². The number of carbonyl (C=O) groups excluding carboxylic acids is 1. The van der Waals surface area contributed by atoms with Crippen molar-refractivity contribution in [2.45, 2.75) is 17.2 Å². The predicted molar refractivity (Wildman–Crippen MR) is 77.9 cm³/mol. The maximum atomic E-state index is 12.0. The summed E-state index contributed by atoms with van der Waals surface area (Å²) in [5, 5.41) is 3.14. The van der Waals surface area contributed by atoms with Crippen LogP contribution in [0.3, 0.4) is 0 Å². The summed E-state index contributed by atoms with van der Waals surface area (Å²) in [5.74, 6) is 0.147. The summed E-state index contributed by atoms with van der Waals surface area (Å²) >= 11 is 4.77. The molecule has 0 aliphatic rings. The second-order valence-corrected chi connectivity index (χ2v) is 5.80. The van der Waals surface area contributed by atoms with Crippen molar-refractivity contribution in [3.8, 4) is 0 Å². The summed E-state index contributed by atoms with van der Waals surface area (Å²) in [7, 11) is 0. The van der Waals surface area contributed by atoms with Crippen LogP contribution in [0.15, 0.2) is 46.3 Å². The van der Waals surface area contributed by atoms with Gasteiger partial charge in [0, 0.05) is 23.1 Å². The van der Waals surface area contributed by atoms with Crippen molar-refractivity contribution < 1.29 is 4.79 Å². The second-order valence-electron chi connectivity index (χ2n) is 3.61. The van der Waals surface area contributed by atoms with E-state index in [1.165, 1.54) is 11.8 Å². The number of nitrogens with zero attached hydrogens (tertiary/aromatic N) is 3. The third-order valence-electron chi connectivity index (χ3n) is 2.18. The molecule has 19 heavy (non-hydrogen) atoms. The largest absolute Gasteiger partial charge is 0.294 e. The minimum atomic E-state index is -0.296. The molecule has 0 aliphatic heterocycles. The Hall–Kier alpha value is -1.47. The van der Waals surface area contributed by atoms with E-state index in [1.807, 2.05) is 19.1 Å². The third kappa shape index (κ3) is 4.00. The van der Waals surface area contributed by atoms with E-state index in [0.717, 1.165) is 9.50 Å². The molecule has 98 valence electrons. The van der Waals surface area contributed by atoms with Crippen LogP contribution in [0.2, 0.25) is 0 Å². The second kappa shape index (κ2) is 6.63. The van der Waals surface area contributed by atoms with Gasteiger partial charge in [-0.05, 0) is 41.1 Å². The first-order chi connectivity index (χ1) is 9.16. The van der Waals surface area contributed by atoms with Crippen LogP contribution in [-0.2, 0) is 4.79 Å². The van der Waals surface area contributed by atoms with Gasteiger partial charge in [-0.3, -0.25) is 10.1 Å². The molecule has 0 saturated heterocycles. The predicted octanol–water partition coefficient (Wildman–Crippen LogP) is 2.75. The lowest BCUT2D eigenvalue weighted by Gasteiger charge is -2.11. The van der Waals surface area contributed by atoms with Crippen LogP contribution in [0.25, 0.3) is 0 Å². The molecular weight excluding hydrogens is 328 g/mol. The van der Waals surface area contributed by atoms with Gasteiger partial charge in [-0.25, -0.2) is 15.0 Å². The topological polar surface area (TPSA) is 67.8 Å². The highest BCUT2D eigenvalue weighted by Gasteiger charge is 2.17. The van der Waals surface area contributed by atoms with E-state index in [0.29, 0.717) is 5.95 Å². The Morgan fingerprint density at radius 3 is 2.63 bits per heavy atom. The Morgan fingerprint density at radius 1 is 1.26 bits per heavy atom. The lowest BCUT2D eigenvalue weighted by atomic mass is 10.4. The fourth-order valence-corrected chi connectivity index (χ4v) is 2.59. The normalized spacial score (nSPS) is 11.9. The lowest BCUT2D eigenvalue weighted by Crippen LogP contribution is -2.23. The van der Waals surface area contributed by atoms with Crippen LogP contribution < -0.4 is 5.32 Å². The summed E-state index contributed by atoms with van der Waals surface area (Å²) in [5.41, 5.74) is 0. The van der Waals surface area contributed by atoms with Crippen LogP contribution in [0.4, 0.5) is 5.95 Å². The quantitative estimate of drug-likeness (QED) is 0.868. The zero-order chi connectivity index (χ0) is 13.7. The average Bonchev–Trinajstić information content (AvgIpc) is 2.42. The van der Waals surface area contributed by atoms with Gasteiger partial charge in [0.15, 0.2) is 0 Å². The van der Waals surface area contributed by atoms with Gasteiger partial charge in [0.25, 0.3) is 0 Å². The van der Waals surface area contributed by atoms with Gasteiger partial charge in [-0.2, -0.15) is 0 Å². The van der Waals surface area contributed by atoms with Gasteiger partial charge in [0.05, 0.1) is 5.25 Å². The van der Waals surface area contributed by atoms with Crippen molar-refractivity contribution in [2.24, 2.45) is 0 Å². The molecule has 1 N–H and O–H groups in total. The smallest absolute Gasteiger partial charge is 0.239 e. The van der Waals surface area contributed by atoms with Gasteiger partial charge in [-0.1, -0.05) is 11.8 Å². The number of rotatable bonds is 4. The summed E-state index contributed by atoms with van der Waals surface area (Å²) in [4.78, 5) is 24.1. The van der Waals surface area contributed by atoms with Gasteiger partial charge < -0.3 is 0 Å². The molecule has 5 nitrogen and oxygen atoms in total. The molecule has 0 radical (unpaired) electrons. The minimum Gasteiger partial charge on any atom is -0.294 e. The van der Waals surface area contributed by atoms with E-state index in [1.54, 1.807) is 24.7 Å². The van der Waals surface area contributed by atoms with Gasteiger partial charge in [0.2, 0.25) is 11.9 Å². The summed E-state index contributed by atoms with van der Waals surface area (Å²) in [6, 6.07) is 5.41. The zero-order valence-corrected chi connectivity index (χ0v) is 12.5. The number of thioether (sulfide) groups is 1. The Labute approximate surface area is 123 Å². The van der Waals surface area contributed by atoms with Crippen LogP contribution in [0, 0.1) is 0 Å². The number of anilines is 1. The summed E-state index contributed by atoms with van der Waals surface area (Å²) in [6.07, 6.45) is 4.85. The molecule has 2 aromatic rings. The fraction of sp³-hybridized carbons (Fsp3) is 0.167. The zero-order valence-electron chi connectivity index (χ0n) is 10.1. The molecule has 2 heterocycles. The number of carbonyl (C=O) groups is 1. The fourth-order valence-electron chi connectivity index (χ4n) is 1.25. The minimum absolute atomic E-state index is 0.159. The maximum Gasteiger partial charge on any atom is 0.239 e. The van der Waals surface area contributed by atoms with Crippen molar-refractivity contribution in [1.29, 1.82) is 0 Å². The first-order valence-electron chi connectivity index (χ1n) is 5.52. The van der Waals surface area contributed by atoms with Crippen molar-refractivity contribution >= 4 is 39.5 Å². The van der Waals surface area contributed by atoms with E-state index in [-0.39, 0.29) is 11.2 Å². The molecule has 2 rings (SSSR count). The molecule has 1 amide bonds. The molecule has 0 bridgehead atoms. The van der Waals surface area contributed by atoms with E-state index >= 15 is 0 Å². The Morgan fingerprint density at radius 2 is 1.95 bits per heavy atom. The van der Waals surface area contributed by atoms with Crippen molar-refractivity contribution in [3.05, 3.63) is 41.3 Å². The standard InChI is InChI=1S/C12H11BrN4OS/c1-8(19-11-9(13)4-2-5-14-11)10(18)17-12-15-6-3-7-16-12/h2-8H,1H3,(H,15,16,17,18)/t8-/m0/s1.